The summed E-state index contributed by atoms with van der Waals surface area (Å²) >= 11 is 6.21. The van der Waals surface area contributed by atoms with Crippen LogP contribution in [0, 0.1) is 18.3 Å². The van der Waals surface area contributed by atoms with Crippen molar-refractivity contribution >= 4 is 29.5 Å². The SMILES string of the molecule is Cc1ccc(-c2ccc(Cl)c(S(=O)(=O)CC[Si](C)(C)C)c2C#N)cc1. The van der Waals surface area contributed by atoms with Crippen LogP contribution in [0.4, 0.5) is 0 Å². The van der Waals surface area contributed by atoms with Crippen molar-refractivity contribution in [3.63, 3.8) is 0 Å². The van der Waals surface area contributed by atoms with E-state index < -0.39 is 17.9 Å². The van der Waals surface area contributed by atoms with Gasteiger partial charge in [0.15, 0.2) is 9.84 Å². The summed E-state index contributed by atoms with van der Waals surface area (Å²) < 4.78 is 25.8. The van der Waals surface area contributed by atoms with Gasteiger partial charge in [-0.05, 0) is 24.6 Å². The van der Waals surface area contributed by atoms with Gasteiger partial charge in [0, 0.05) is 13.6 Å². The summed E-state index contributed by atoms with van der Waals surface area (Å²) in [5, 5.41) is 9.78. The topological polar surface area (TPSA) is 57.9 Å². The molecule has 0 amide bonds. The van der Waals surface area contributed by atoms with Crippen molar-refractivity contribution < 1.29 is 8.42 Å². The molecule has 2 rings (SSSR count). The number of nitrogens with zero attached hydrogens (tertiary/aromatic N) is 1. The minimum absolute atomic E-state index is 0.0223. The van der Waals surface area contributed by atoms with Gasteiger partial charge in [0.25, 0.3) is 0 Å². The standard InChI is InChI=1S/C19H22ClNO2SSi/c1-14-5-7-15(8-6-14)16-9-10-18(20)19(17(16)13-21)24(22,23)11-12-25(2,3)4/h5-10H,11-12H2,1-4H3. The van der Waals surface area contributed by atoms with Crippen LogP contribution in [0.1, 0.15) is 11.1 Å². The van der Waals surface area contributed by atoms with Crippen molar-refractivity contribution in [1.82, 2.24) is 0 Å². The van der Waals surface area contributed by atoms with Crippen molar-refractivity contribution in [2.45, 2.75) is 37.5 Å². The molecule has 2 aromatic carbocycles. The van der Waals surface area contributed by atoms with E-state index in [-0.39, 0.29) is 21.2 Å². The monoisotopic (exact) mass is 391 g/mol. The largest absolute Gasteiger partial charge is 0.224 e. The van der Waals surface area contributed by atoms with Crippen LogP contribution in [0.5, 0.6) is 0 Å². The second kappa shape index (κ2) is 7.33. The van der Waals surface area contributed by atoms with Crippen LogP contribution in [0.15, 0.2) is 41.3 Å². The van der Waals surface area contributed by atoms with E-state index in [1.54, 1.807) is 12.1 Å². The van der Waals surface area contributed by atoms with Crippen LogP contribution in [-0.2, 0) is 9.84 Å². The first-order valence-electron chi connectivity index (χ1n) is 8.07. The molecule has 0 aliphatic carbocycles. The fourth-order valence-corrected chi connectivity index (χ4v) is 7.56. The molecule has 0 aromatic heterocycles. The molecule has 0 aliphatic rings. The average molecular weight is 392 g/mol. The maximum absolute atomic E-state index is 12.9. The number of halogens is 1. The normalized spacial score (nSPS) is 12.0. The molecule has 25 heavy (non-hydrogen) atoms. The minimum atomic E-state index is -3.63. The van der Waals surface area contributed by atoms with Gasteiger partial charge in [-0.3, -0.25) is 0 Å². The van der Waals surface area contributed by atoms with E-state index in [0.29, 0.717) is 11.6 Å². The molecule has 0 fully saturated rings. The Hall–Kier alpha value is -1.61. The zero-order valence-electron chi connectivity index (χ0n) is 14.9. The lowest BCUT2D eigenvalue weighted by Gasteiger charge is -2.17. The molecule has 0 radical (unpaired) electrons. The highest BCUT2D eigenvalue weighted by molar-refractivity contribution is 7.91. The number of benzene rings is 2. The minimum Gasteiger partial charge on any atom is -0.224 e. The molecule has 0 aliphatic heterocycles. The number of hydrogen-bond acceptors (Lipinski definition) is 3. The Bertz CT molecular complexity index is 924. The number of hydrogen-bond donors (Lipinski definition) is 0. The Kier molecular flexibility index (Phi) is 5.78. The summed E-state index contributed by atoms with van der Waals surface area (Å²) in [5.41, 5.74) is 2.63. The lowest BCUT2D eigenvalue weighted by Crippen LogP contribution is -2.24. The number of nitriles is 1. The predicted octanol–water partition coefficient (Wildman–Crippen LogP) is 5.30. The Balaban J connectivity index is 2.61. The third kappa shape index (κ3) is 4.72. The summed E-state index contributed by atoms with van der Waals surface area (Å²) in [6.45, 7) is 8.34. The Labute approximate surface area is 156 Å². The molecule has 2 aromatic rings. The molecule has 0 saturated heterocycles. The molecule has 0 saturated carbocycles. The molecule has 0 spiro atoms. The van der Waals surface area contributed by atoms with Gasteiger partial charge in [-0.15, -0.1) is 0 Å². The van der Waals surface area contributed by atoms with Crippen molar-refractivity contribution in [1.29, 1.82) is 5.26 Å². The fourth-order valence-electron chi connectivity index (χ4n) is 2.49. The molecule has 0 N–H and O–H groups in total. The maximum atomic E-state index is 12.9. The van der Waals surface area contributed by atoms with Gasteiger partial charge in [-0.1, -0.05) is 67.1 Å². The molecular formula is C19H22ClNO2SSi. The number of rotatable bonds is 5. The molecule has 0 heterocycles. The maximum Gasteiger partial charge on any atom is 0.180 e. The quantitative estimate of drug-likeness (QED) is 0.650. The lowest BCUT2D eigenvalue weighted by atomic mass is 9.99. The first-order valence-corrected chi connectivity index (χ1v) is 13.8. The Morgan fingerprint density at radius 1 is 1.08 bits per heavy atom. The van der Waals surface area contributed by atoms with Crippen molar-refractivity contribution in [3.8, 4) is 17.2 Å². The van der Waals surface area contributed by atoms with E-state index >= 15 is 0 Å². The highest BCUT2D eigenvalue weighted by atomic mass is 35.5. The van der Waals surface area contributed by atoms with Crippen LogP contribution in [0.25, 0.3) is 11.1 Å². The number of sulfone groups is 1. The first kappa shape index (κ1) is 19.7. The van der Waals surface area contributed by atoms with Gasteiger partial charge in [-0.2, -0.15) is 5.26 Å². The third-order valence-electron chi connectivity index (χ3n) is 4.02. The molecule has 3 nitrogen and oxygen atoms in total. The van der Waals surface area contributed by atoms with Crippen LogP contribution in [0.2, 0.25) is 30.7 Å². The van der Waals surface area contributed by atoms with Gasteiger partial charge in [0.2, 0.25) is 0 Å². The Morgan fingerprint density at radius 2 is 1.68 bits per heavy atom. The summed E-state index contributed by atoms with van der Waals surface area (Å²) in [6, 6.07) is 13.6. The number of aryl methyl sites for hydroxylation is 1. The van der Waals surface area contributed by atoms with Crippen LogP contribution >= 0.6 is 11.6 Å². The Morgan fingerprint density at radius 3 is 2.20 bits per heavy atom. The van der Waals surface area contributed by atoms with E-state index in [4.69, 9.17) is 11.6 Å². The second-order valence-corrected chi connectivity index (χ2v) is 15.5. The van der Waals surface area contributed by atoms with E-state index in [0.717, 1.165) is 11.1 Å². The fraction of sp³-hybridized carbons (Fsp3) is 0.316. The summed E-state index contributed by atoms with van der Waals surface area (Å²) in [6.07, 6.45) is 0. The smallest absolute Gasteiger partial charge is 0.180 e. The van der Waals surface area contributed by atoms with Crippen LogP contribution in [0.3, 0.4) is 0 Å². The van der Waals surface area contributed by atoms with Gasteiger partial charge < -0.3 is 0 Å². The van der Waals surface area contributed by atoms with E-state index in [2.05, 4.69) is 25.7 Å². The predicted molar refractivity (Wildman–Crippen MR) is 107 cm³/mol. The summed E-state index contributed by atoms with van der Waals surface area (Å²) in [4.78, 5) is -0.0343. The molecule has 0 atom stereocenters. The third-order valence-corrected chi connectivity index (χ3v) is 8.34. The molecule has 132 valence electrons. The van der Waals surface area contributed by atoms with Gasteiger partial charge in [0.1, 0.15) is 11.0 Å². The van der Waals surface area contributed by atoms with Gasteiger partial charge in [0.05, 0.1) is 16.3 Å². The molecular weight excluding hydrogens is 370 g/mol. The van der Waals surface area contributed by atoms with Crippen molar-refractivity contribution in [2.75, 3.05) is 5.75 Å². The second-order valence-electron chi connectivity index (χ2n) is 7.41. The van der Waals surface area contributed by atoms with E-state index in [9.17, 15) is 13.7 Å². The first-order chi connectivity index (χ1) is 11.5. The van der Waals surface area contributed by atoms with Gasteiger partial charge in [-0.25, -0.2) is 8.42 Å². The average Bonchev–Trinajstić information content (AvgIpc) is 2.53. The zero-order valence-corrected chi connectivity index (χ0v) is 17.5. The molecule has 0 unspecified atom stereocenters. The summed E-state index contributed by atoms with van der Waals surface area (Å²) in [5.74, 6) is 0.0223. The van der Waals surface area contributed by atoms with E-state index in [1.165, 1.54) is 0 Å². The van der Waals surface area contributed by atoms with Crippen molar-refractivity contribution in [3.05, 3.63) is 52.5 Å². The summed E-state index contributed by atoms with van der Waals surface area (Å²) in [7, 11) is -5.16. The van der Waals surface area contributed by atoms with E-state index in [1.807, 2.05) is 31.2 Å². The molecule has 6 heteroatoms. The van der Waals surface area contributed by atoms with Gasteiger partial charge >= 0.3 is 0 Å². The highest BCUT2D eigenvalue weighted by Crippen LogP contribution is 2.34. The van der Waals surface area contributed by atoms with Crippen molar-refractivity contribution in [2.24, 2.45) is 0 Å². The van der Waals surface area contributed by atoms with Crippen LogP contribution in [-0.4, -0.2) is 22.2 Å². The zero-order chi connectivity index (χ0) is 18.8. The highest BCUT2D eigenvalue weighted by Gasteiger charge is 2.27. The van der Waals surface area contributed by atoms with Crippen LogP contribution < -0.4 is 0 Å². The lowest BCUT2D eigenvalue weighted by molar-refractivity contribution is 0.597. The molecule has 0 bridgehead atoms.